The molecule has 36 heavy (non-hydrogen) atoms. The molecule has 1 aromatic heterocycles. The fourth-order valence-corrected chi connectivity index (χ4v) is 3.94. The minimum absolute atomic E-state index is 0.0533. The van der Waals surface area contributed by atoms with E-state index in [1.54, 1.807) is 32.3 Å². The highest BCUT2D eigenvalue weighted by Gasteiger charge is 2.32. The highest BCUT2D eigenvalue weighted by molar-refractivity contribution is 5.86. The summed E-state index contributed by atoms with van der Waals surface area (Å²) in [5, 5.41) is 20.1. The topological polar surface area (TPSA) is 103 Å². The number of rotatable bonds is 11. The van der Waals surface area contributed by atoms with E-state index in [-0.39, 0.29) is 36.5 Å². The summed E-state index contributed by atoms with van der Waals surface area (Å²) in [6.45, 7) is 4.45. The number of amides is 2. The zero-order valence-electron chi connectivity index (χ0n) is 20.7. The number of hydrogen-bond acceptors (Lipinski definition) is 5. The molecule has 0 radical (unpaired) electrons. The first kappa shape index (κ1) is 27.0. The zero-order chi connectivity index (χ0) is 26.3. The van der Waals surface area contributed by atoms with E-state index in [9.17, 15) is 23.5 Å². The minimum Gasteiger partial charge on any atom is -0.507 e. The zero-order valence-corrected chi connectivity index (χ0v) is 20.7. The number of phenols is 1. The molecule has 4 N–H and O–H groups in total. The lowest BCUT2D eigenvalue weighted by atomic mass is 9.82. The number of carbonyl (C=O) groups is 2. The van der Waals surface area contributed by atoms with Gasteiger partial charge in [0.2, 0.25) is 11.8 Å². The van der Waals surface area contributed by atoms with E-state index >= 15 is 0 Å². The van der Waals surface area contributed by atoms with E-state index in [0.29, 0.717) is 36.0 Å². The van der Waals surface area contributed by atoms with Crippen LogP contribution in [0.3, 0.4) is 0 Å². The first-order valence-corrected chi connectivity index (χ1v) is 11.9. The molecule has 0 aliphatic carbocycles. The second-order valence-electron chi connectivity index (χ2n) is 9.23. The number of pyridine rings is 1. The highest BCUT2D eigenvalue weighted by atomic mass is 19.1. The molecule has 0 saturated heterocycles. The maximum atomic E-state index is 13.6. The van der Waals surface area contributed by atoms with Gasteiger partial charge in [-0.3, -0.25) is 14.6 Å². The number of aromatic nitrogens is 1. The average molecular weight is 499 g/mol. The molecular formula is C27H32F2N4O3. The van der Waals surface area contributed by atoms with Gasteiger partial charge in [-0.25, -0.2) is 8.78 Å². The SMILES string of the molecule is CNCCC(C)(CCNC(=O)C(C)c1cc2cc(F)ccc2cn1)C(=O)NCc1ccc(F)cc1O. The Bertz CT molecular complexity index is 1240. The van der Waals surface area contributed by atoms with Crippen molar-refractivity contribution in [3.63, 3.8) is 0 Å². The average Bonchev–Trinajstić information content (AvgIpc) is 2.85. The van der Waals surface area contributed by atoms with E-state index < -0.39 is 17.2 Å². The molecule has 0 bridgehead atoms. The number of phenolic OH excluding ortho intramolecular Hbond substituents is 1. The van der Waals surface area contributed by atoms with Gasteiger partial charge in [0.15, 0.2) is 0 Å². The van der Waals surface area contributed by atoms with Gasteiger partial charge in [-0.1, -0.05) is 13.0 Å². The summed E-state index contributed by atoms with van der Waals surface area (Å²) in [7, 11) is 1.79. The Morgan fingerprint density at radius 1 is 1.00 bits per heavy atom. The number of nitrogens with zero attached hydrogens (tertiary/aromatic N) is 1. The van der Waals surface area contributed by atoms with E-state index in [4.69, 9.17) is 0 Å². The van der Waals surface area contributed by atoms with E-state index in [2.05, 4.69) is 20.9 Å². The molecule has 2 atom stereocenters. The molecule has 1 heterocycles. The van der Waals surface area contributed by atoms with Crippen molar-refractivity contribution in [1.29, 1.82) is 0 Å². The van der Waals surface area contributed by atoms with Crippen molar-refractivity contribution in [2.75, 3.05) is 20.1 Å². The third-order valence-electron chi connectivity index (χ3n) is 6.48. The molecule has 2 amide bonds. The van der Waals surface area contributed by atoms with Gasteiger partial charge in [-0.05, 0) is 69.1 Å². The van der Waals surface area contributed by atoms with Crippen molar-refractivity contribution in [2.24, 2.45) is 5.41 Å². The predicted octanol–water partition coefficient (Wildman–Crippen LogP) is 3.76. The Balaban J connectivity index is 1.60. The summed E-state index contributed by atoms with van der Waals surface area (Å²) in [5.41, 5.74) is 0.138. The summed E-state index contributed by atoms with van der Waals surface area (Å²) in [6, 6.07) is 9.76. The van der Waals surface area contributed by atoms with Crippen LogP contribution in [0.2, 0.25) is 0 Å². The van der Waals surface area contributed by atoms with E-state index in [1.807, 2.05) is 6.92 Å². The second-order valence-corrected chi connectivity index (χ2v) is 9.23. The number of aromatic hydroxyl groups is 1. The summed E-state index contributed by atoms with van der Waals surface area (Å²) < 4.78 is 26.8. The van der Waals surface area contributed by atoms with Gasteiger partial charge in [0, 0.05) is 41.7 Å². The van der Waals surface area contributed by atoms with Crippen molar-refractivity contribution in [3.8, 4) is 5.75 Å². The van der Waals surface area contributed by atoms with E-state index in [1.165, 1.54) is 24.3 Å². The first-order chi connectivity index (χ1) is 17.1. The van der Waals surface area contributed by atoms with Crippen LogP contribution in [0.4, 0.5) is 8.78 Å². The van der Waals surface area contributed by atoms with Crippen LogP contribution >= 0.6 is 0 Å². The Morgan fingerprint density at radius 2 is 1.69 bits per heavy atom. The lowest BCUT2D eigenvalue weighted by Gasteiger charge is -2.29. The molecule has 0 aliphatic rings. The van der Waals surface area contributed by atoms with Crippen LogP contribution in [-0.2, 0) is 16.1 Å². The Labute approximate surface area is 209 Å². The van der Waals surface area contributed by atoms with Gasteiger partial charge >= 0.3 is 0 Å². The summed E-state index contributed by atoms with van der Waals surface area (Å²) >= 11 is 0. The second kappa shape index (κ2) is 11.9. The number of benzene rings is 2. The van der Waals surface area contributed by atoms with Crippen molar-refractivity contribution in [1.82, 2.24) is 20.9 Å². The largest absolute Gasteiger partial charge is 0.507 e. The predicted molar refractivity (Wildman–Crippen MR) is 134 cm³/mol. The maximum absolute atomic E-state index is 13.6. The standard InChI is InChI=1S/C27H32F2N4O3/c1-17(23-13-20-12-21(28)6-4-18(20)15-32-23)25(35)31-11-9-27(2,8-10-30-3)26(36)33-16-19-5-7-22(29)14-24(19)34/h4-7,12-15,17,30,34H,8-11,16H2,1-3H3,(H,31,35)(H,33,36). The number of carbonyl (C=O) groups excluding carboxylic acids is 2. The number of hydrogen-bond donors (Lipinski definition) is 4. The fourth-order valence-electron chi connectivity index (χ4n) is 3.94. The molecule has 0 fully saturated rings. The number of halogens is 2. The minimum atomic E-state index is -0.798. The highest BCUT2D eigenvalue weighted by Crippen LogP contribution is 2.27. The molecule has 3 rings (SSSR count). The monoisotopic (exact) mass is 498 g/mol. The lowest BCUT2D eigenvalue weighted by Crippen LogP contribution is -2.43. The molecule has 9 heteroatoms. The summed E-state index contributed by atoms with van der Waals surface area (Å²) in [6.07, 6.45) is 2.52. The van der Waals surface area contributed by atoms with Crippen LogP contribution in [0.5, 0.6) is 5.75 Å². The van der Waals surface area contributed by atoms with Crippen LogP contribution in [0.15, 0.2) is 48.7 Å². The van der Waals surface area contributed by atoms with Gasteiger partial charge < -0.3 is 21.1 Å². The van der Waals surface area contributed by atoms with Crippen LogP contribution in [0.1, 0.15) is 43.9 Å². The lowest BCUT2D eigenvalue weighted by molar-refractivity contribution is -0.131. The van der Waals surface area contributed by atoms with Crippen LogP contribution in [0, 0.1) is 17.0 Å². The molecule has 2 aromatic carbocycles. The maximum Gasteiger partial charge on any atom is 0.228 e. The molecule has 0 aliphatic heterocycles. The van der Waals surface area contributed by atoms with Crippen molar-refractivity contribution in [3.05, 3.63) is 71.6 Å². The van der Waals surface area contributed by atoms with Crippen molar-refractivity contribution < 1.29 is 23.5 Å². The van der Waals surface area contributed by atoms with Gasteiger partial charge in [0.1, 0.15) is 17.4 Å². The quantitative estimate of drug-likeness (QED) is 0.322. The van der Waals surface area contributed by atoms with E-state index in [0.717, 1.165) is 11.5 Å². The molecule has 0 saturated carbocycles. The molecular weight excluding hydrogens is 466 g/mol. The summed E-state index contributed by atoms with van der Waals surface area (Å²) in [4.78, 5) is 30.2. The first-order valence-electron chi connectivity index (χ1n) is 11.9. The Hall–Kier alpha value is -3.59. The normalized spacial score (nSPS) is 13.7. The van der Waals surface area contributed by atoms with Gasteiger partial charge in [-0.15, -0.1) is 0 Å². The molecule has 192 valence electrons. The molecule has 7 nitrogen and oxygen atoms in total. The smallest absolute Gasteiger partial charge is 0.228 e. The molecule has 2 unspecified atom stereocenters. The van der Waals surface area contributed by atoms with Crippen molar-refractivity contribution in [2.45, 2.75) is 39.2 Å². The molecule has 0 spiro atoms. The molecule has 3 aromatic rings. The van der Waals surface area contributed by atoms with Crippen LogP contribution in [0.25, 0.3) is 10.8 Å². The Morgan fingerprint density at radius 3 is 2.42 bits per heavy atom. The van der Waals surface area contributed by atoms with Gasteiger partial charge in [0.05, 0.1) is 11.6 Å². The number of fused-ring (bicyclic) bond motifs is 1. The summed E-state index contributed by atoms with van der Waals surface area (Å²) in [5.74, 6) is -2.18. The van der Waals surface area contributed by atoms with Gasteiger partial charge in [0.25, 0.3) is 0 Å². The van der Waals surface area contributed by atoms with Crippen LogP contribution < -0.4 is 16.0 Å². The van der Waals surface area contributed by atoms with Crippen molar-refractivity contribution >= 4 is 22.6 Å². The Kier molecular flexibility index (Phi) is 8.93. The third-order valence-corrected chi connectivity index (χ3v) is 6.48. The fraction of sp³-hybridized carbons (Fsp3) is 0.370. The van der Waals surface area contributed by atoms with Crippen LogP contribution in [-0.4, -0.2) is 42.0 Å². The number of nitrogens with one attached hydrogen (secondary N) is 3. The third kappa shape index (κ3) is 6.75. The van der Waals surface area contributed by atoms with Gasteiger partial charge in [-0.2, -0.15) is 0 Å².